The van der Waals surface area contributed by atoms with E-state index in [0.29, 0.717) is 10.4 Å². The Morgan fingerprint density at radius 3 is 2.62 bits per heavy atom. The van der Waals surface area contributed by atoms with Gasteiger partial charge in [-0.05, 0) is 24.4 Å². The highest BCUT2D eigenvalue weighted by atomic mass is 32.1. The van der Waals surface area contributed by atoms with Crippen molar-refractivity contribution in [3.05, 3.63) is 58.0 Å². The Morgan fingerprint density at radius 1 is 1.19 bits per heavy atom. The first-order valence-electron chi connectivity index (χ1n) is 6.68. The second-order valence-corrected chi connectivity index (χ2v) is 5.66. The highest BCUT2D eigenvalue weighted by Crippen LogP contribution is 2.17. The first-order chi connectivity index (χ1) is 10.1. The normalized spacial score (nSPS) is 11.9. The van der Waals surface area contributed by atoms with Crippen LogP contribution in [0.5, 0.6) is 0 Å². The minimum absolute atomic E-state index is 0.0429. The molecule has 0 aliphatic rings. The van der Waals surface area contributed by atoms with E-state index in [2.05, 4.69) is 5.32 Å². The van der Waals surface area contributed by atoms with Crippen LogP contribution in [0.1, 0.15) is 41.0 Å². The molecular formula is C16H16FNO2S. The Kier molecular flexibility index (Phi) is 5.22. The quantitative estimate of drug-likeness (QED) is 0.827. The van der Waals surface area contributed by atoms with Crippen molar-refractivity contribution < 1.29 is 14.0 Å². The van der Waals surface area contributed by atoms with E-state index in [4.69, 9.17) is 0 Å². The lowest BCUT2D eigenvalue weighted by Crippen LogP contribution is -2.27. The van der Waals surface area contributed by atoms with Gasteiger partial charge in [0.25, 0.3) is 0 Å². The second kappa shape index (κ2) is 7.13. The molecule has 3 nitrogen and oxygen atoms in total. The largest absolute Gasteiger partial charge is 0.349 e. The monoisotopic (exact) mass is 305 g/mol. The fourth-order valence-corrected chi connectivity index (χ4v) is 2.70. The highest BCUT2D eigenvalue weighted by molar-refractivity contribution is 7.12. The van der Waals surface area contributed by atoms with Gasteiger partial charge in [0.1, 0.15) is 5.82 Å². The standard InChI is InChI=1S/C16H16FNO2S/c1-11(12-5-2-3-6-13(12)17)18-16(20)9-8-14(19)15-7-4-10-21-15/h2-7,10-11H,8-9H2,1H3,(H,18,20). The SMILES string of the molecule is CC(NC(=O)CCC(=O)c1cccs1)c1ccccc1F. The molecular weight excluding hydrogens is 289 g/mol. The molecule has 110 valence electrons. The number of carbonyl (C=O) groups is 2. The maximum Gasteiger partial charge on any atom is 0.220 e. The van der Waals surface area contributed by atoms with Crippen molar-refractivity contribution in [1.82, 2.24) is 5.32 Å². The second-order valence-electron chi connectivity index (χ2n) is 4.71. The van der Waals surface area contributed by atoms with Crippen LogP contribution in [0, 0.1) is 5.82 Å². The van der Waals surface area contributed by atoms with Gasteiger partial charge in [0, 0.05) is 18.4 Å². The van der Waals surface area contributed by atoms with Crippen LogP contribution in [-0.4, -0.2) is 11.7 Å². The topological polar surface area (TPSA) is 46.2 Å². The van der Waals surface area contributed by atoms with E-state index in [9.17, 15) is 14.0 Å². The van der Waals surface area contributed by atoms with Gasteiger partial charge in [-0.25, -0.2) is 4.39 Å². The molecule has 1 amide bonds. The zero-order chi connectivity index (χ0) is 15.2. The van der Waals surface area contributed by atoms with Gasteiger partial charge < -0.3 is 5.32 Å². The van der Waals surface area contributed by atoms with Gasteiger partial charge in [-0.15, -0.1) is 11.3 Å². The van der Waals surface area contributed by atoms with Crippen molar-refractivity contribution in [3.8, 4) is 0 Å². The van der Waals surface area contributed by atoms with E-state index in [1.807, 2.05) is 5.38 Å². The number of nitrogens with one attached hydrogen (secondary N) is 1. The molecule has 1 aromatic carbocycles. The molecule has 0 aliphatic heterocycles. The van der Waals surface area contributed by atoms with Gasteiger partial charge in [0.05, 0.1) is 10.9 Å². The van der Waals surface area contributed by atoms with Crippen LogP contribution in [-0.2, 0) is 4.79 Å². The van der Waals surface area contributed by atoms with Crippen LogP contribution in [0.3, 0.4) is 0 Å². The minimum atomic E-state index is -0.421. The molecule has 21 heavy (non-hydrogen) atoms. The van der Waals surface area contributed by atoms with Gasteiger partial charge in [-0.3, -0.25) is 9.59 Å². The third-order valence-electron chi connectivity index (χ3n) is 3.12. The van der Waals surface area contributed by atoms with Crippen molar-refractivity contribution in [2.75, 3.05) is 0 Å². The Labute approximate surface area is 126 Å². The average molecular weight is 305 g/mol. The molecule has 2 rings (SSSR count). The lowest BCUT2D eigenvalue weighted by Gasteiger charge is -2.14. The van der Waals surface area contributed by atoms with Crippen LogP contribution in [0.15, 0.2) is 41.8 Å². The van der Waals surface area contributed by atoms with Gasteiger partial charge >= 0.3 is 0 Å². The summed E-state index contributed by atoms with van der Waals surface area (Å²) in [6, 6.07) is 9.45. The maximum absolute atomic E-state index is 13.6. The zero-order valence-electron chi connectivity index (χ0n) is 11.6. The lowest BCUT2D eigenvalue weighted by molar-refractivity contribution is -0.121. The molecule has 1 N–H and O–H groups in total. The van der Waals surface area contributed by atoms with E-state index in [1.54, 1.807) is 37.3 Å². The van der Waals surface area contributed by atoms with Crippen molar-refractivity contribution in [2.45, 2.75) is 25.8 Å². The molecule has 5 heteroatoms. The average Bonchev–Trinajstić information content (AvgIpc) is 2.99. The fraction of sp³-hybridized carbons (Fsp3) is 0.250. The number of carbonyl (C=O) groups excluding carboxylic acids is 2. The summed E-state index contributed by atoms with van der Waals surface area (Å²) in [5.41, 5.74) is 0.440. The summed E-state index contributed by atoms with van der Waals surface area (Å²) in [5.74, 6) is -0.644. The summed E-state index contributed by atoms with van der Waals surface area (Å²) >= 11 is 1.36. The van der Waals surface area contributed by atoms with Crippen molar-refractivity contribution in [3.63, 3.8) is 0 Å². The summed E-state index contributed by atoms with van der Waals surface area (Å²) in [6.07, 6.45) is 0.270. The molecule has 0 bridgehead atoms. The first kappa shape index (κ1) is 15.4. The van der Waals surface area contributed by atoms with E-state index < -0.39 is 6.04 Å². The first-order valence-corrected chi connectivity index (χ1v) is 7.56. The fourth-order valence-electron chi connectivity index (χ4n) is 2.01. The Hall–Kier alpha value is -2.01. The van der Waals surface area contributed by atoms with Crippen LogP contribution in [0.4, 0.5) is 4.39 Å². The van der Waals surface area contributed by atoms with Gasteiger partial charge in [-0.1, -0.05) is 24.3 Å². The summed E-state index contributed by atoms with van der Waals surface area (Å²) in [4.78, 5) is 24.3. The van der Waals surface area contributed by atoms with Gasteiger partial charge in [0.2, 0.25) is 5.91 Å². The minimum Gasteiger partial charge on any atom is -0.349 e. The molecule has 0 fully saturated rings. The highest BCUT2D eigenvalue weighted by Gasteiger charge is 2.14. The number of thiophene rings is 1. The molecule has 0 spiro atoms. The maximum atomic E-state index is 13.6. The molecule has 0 saturated heterocycles. The van der Waals surface area contributed by atoms with Gasteiger partial charge in [0.15, 0.2) is 5.78 Å². The van der Waals surface area contributed by atoms with E-state index in [1.165, 1.54) is 17.4 Å². The van der Waals surface area contributed by atoms with E-state index in [-0.39, 0.29) is 30.3 Å². The van der Waals surface area contributed by atoms with Crippen LogP contribution >= 0.6 is 11.3 Å². The number of ketones is 1. The number of hydrogen-bond acceptors (Lipinski definition) is 3. The smallest absolute Gasteiger partial charge is 0.220 e. The number of amides is 1. The molecule has 0 aliphatic carbocycles. The molecule has 1 heterocycles. The Bertz CT molecular complexity index is 625. The molecule has 1 atom stereocenters. The lowest BCUT2D eigenvalue weighted by atomic mass is 10.1. The zero-order valence-corrected chi connectivity index (χ0v) is 12.5. The van der Waals surface area contributed by atoms with Crippen molar-refractivity contribution >= 4 is 23.0 Å². The summed E-state index contributed by atoms with van der Waals surface area (Å²) < 4.78 is 13.6. The van der Waals surface area contributed by atoms with E-state index >= 15 is 0 Å². The summed E-state index contributed by atoms with van der Waals surface area (Å²) in [7, 11) is 0. The van der Waals surface area contributed by atoms with Crippen LogP contribution in [0.25, 0.3) is 0 Å². The third-order valence-corrected chi connectivity index (χ3v) is 4.04. The number of benzene rings is 1. The molecule has 1 aromatic heterocycles. The van der Waals surface area contributed by atoms with Crippen LogP contribution in [0.2, 0.25) is 0 Å². The molecule has 1 unspecified atom stereocenters. The number of halogens is 1. The number of hydrogen-bond donors (Lipinski definition) is 1. The Morgan fingerprint density at radius 2 is 1.95 bits per heavy atom. The van der Waals surface area contributed by atoms with Crippen molar-refractivity contribution in [2.24, 2.45) is 0 Å². The summed E-state index contributed by atoms with van der Waals surface area (Å²) in [5, 5.41) is 4.54. The molecule has 2 aromatic rings. The summed E-state index contributed by atoms with van der Waals surface area (Å²) in [6.45, 7) is 1.72. The van der Waals surface area contributed by atoms with Crippen LogP contribution < -0.4 is 5.32 Å². The Balaban J connectivity index is 1.85. The number of Topliss-reactive ketones (excluding diaryl/α,β-unsaturated/α-hetero) is 1. The molecule has 0 radical (unpaired) electrons. The predicted molar refractivity (Wildman–Crippen MR) is 80.8 cm³/mol. The predicted octanol–water partition coefficient (Wildman–Crippen LogP) is 3.73. The van der Waals surface area contributed by atoms with Crippen molar-refractivity contribution in [1.29, 1.82) is 0 Å². The molecule has 0 saturated carbocycles. The number of rotatable bonds is 6. The van der Waals surface area contributed by atoms with Gasteiger partial charge in [-0.2, -0.15) is 0 Å². The van der Waals surface area contributed by atoms with E-state index in [0.717, 1.165) is 0 Å². The third kappa shape index (κ3) is 4.23.